The van der Waals surface area contributed by atoms with Gasteiger partial charge in [-0.3, -0.25) is 0 Å². The van der Waals surface area contributed by atoms with E-state index < -0.39 is 0 Å². The van der Waals surface area contributed by atoms with Crippen molar-refractivity contribution in [3.05, 3.63) is 44.4 Å². The Morgan fingerprint density at radius 1 is 1.26 bits per heavy atom. The lowest BCUT2D eigenvalue weighted by molar-refractivity contribution is 0.452. The number of benzene rings is 1. The van der Waals surface area contributed by atoms with Crippen molar-refractivity contribution in [1.82, 2.24) is 9.97 Å². The molecule has 100 valence electrons. The Labute approximate surface area is 131 Å². The molecule has 2 aromatic rings. The summed E-state index contributed by atoms with van der Waals surface area (Å²) in [5.41, 5.74) is 0.755. The first-order chi connectivity index (χ1) is 8.97. The molecule has 0 atom stereocenters. The molecule has 0 fully saturated rings. The Morgan fingerprint density at radius 3 is 2.63 bits per heavy atom. The molecule has 1 aromatic carbocycles. The van der Waals surface area contributed by atoms with E-state index in [1.807, 2.05) is 45.0 Å². The highest BCUT2D eigenvalue weighted by molar-refractivity contribution is 14.1. The molecule has 0 unspecified atom stereocenters. The quantitative estimate of drug-likeness (QED) is 0.551. The summed E-state index contributed by atoms with van der Waals surface area (Å²) >= 11 is 8.37. The number of ether oxygens (including phenoxy) is 1. The van der Waals surface area contributed by atoms with Gasteiger partial charge >= 0.3 is 0 Å². The number of hydrogen-bond acceptors (Lipinski definition) is 3. The monoisotopic (exact) mass is 388 g/mol. The molecule has 0 spiro atoms. The van der Waals surface area contributed by atoms with Gasteiger partial charge in [0.05, 0.1) is 0 Å². The van der Waals surface area contributed by atoms with Gasteiger partial charge in [-0.05, 0) is 47.7 Å². The Hall–Kier alpha value is -0.880. The number of rotatable bonds is 3. The van der Waals surface area contributed by atoms with Crippen LogP contribution in [-0.4, -0.2) is 9.97 Å². The second kappa shape index (κ2) is 6.05. The van der Waals surface area contributed by atoms with Gasteiger partial charge < -0.3 is 4.74 Å². The molecule has 0 aliphatic rings. The van der Waals surface area contributed by atoms with E-state index in [4.69, 9.17) is 16.3 Å². The largest absolute Gasteiger partial charge is 0.439 e. The zero-order valence-corrected chi connectivity index (χ0v) is 13.9. The van der Waals surface area contributed by atoms with Crippen LogP contribution in [0, 0.1) is 10.5 Å². The van der Waals surface area contributed by atoms with E-state index in [9.17, 15) is 0 Å². The van der Waals surface area contributed by atoms with Crippen LogP contribution >= 0.6 is 34.2 Å². The van der Waals surface area contributed by atoms with Crippen molar-refractivity contribution < 1.29 is 4.74 Å². The van der Waals surface area contributed by atoms with Crippen molar-refractivity contribution in [2.24, 2.45) is 0 Å². The molecule has 3 nitrogen and oxygen atoms in total. The third-order valence-electron chi connectivity index (χ3n) is 2.59. The van der Waals surface area contributed by atoms with Crippen LogP contribution in [0.3, 0.4) is 0 Å². The SMILES string of the molecule is Cc1c(Cl)nc(C(C)C)nc1Oc1cccc(I)c1. The smallest absolute Gasteiger partial charge is 0.226 e. The average Bonchev–Trinajstić information content (AvgIpc) is 2.34. The summed E-state index contributed by atoms with van der Waals surface area (Å²) in [5, 5.41) is 0.444. The highest BCUT2D eigenvalue weighted by atomic mass is 127. The van der Waals surface area contributed by atoms with Crippen LogP contribution < -0.4 is 4.74 Å². The summed E-state index contributed by atoms with van der Waals surface area (Å²) in [6.07, 6.45) is 0. The Kier molecular flexibility index (Phi) is 4.62. The van der Waals surface area contributed by atoms with Gasteiger partial charge in [0.2, 0.25) is 5.88 Å². The minimum Gasteiger partial charge on any atom is -0.439 e. The lowest BCUT2D eigenvalue weighted by atomic mass is 10.2. The summed E-state index contributed by atoms with van der Waals surface area (Å²) in [6.45, 7) is 5.90. The molecule has 2 rings (SSSR count). The maximum Gasteiger partial charge on any atom is 0.226 e. The summed E-state index contributed by atoms with van der Waals surface area (Å²) in [6, 6.07) is 7.79. The van der Waals surface area contributed by atoms with Crippen LogP contribution in [0.1, 0.15) is 31.2 Å². The standard InChI is InChI=1S/C14H14ClIN2O/c1-8(2)13-17-12(15)9(3)14(18-13)19-11-6-4-5-10(16)7-11/h4-8H,1-3H3. The van der Waals surface area contributed by atoms with Crippen LogP contribution in [0.4, 0.5) is 0 Å². The Balaban J connectivity index is 2.39. The van der Waals surface area contributed by atoms with Gasteiger partial charge in [0.1, 0.15) is 16.7 Å². The number of halogens is 2. The van der Waals surface area contributed by atoms with Gasteiger partial charge in [-0.1, -0.05) is 31.5 Å². The van der Waals surface area contributed by atoms with Crippen LogP contribution in [0.2, 0.25) is 5.15 Å². The summed E-state index contributed by atoms with van der Waals surface area (Å²) < 4.78 is 6.93. The molecular formula is C14H14ClIN2O. The molecule has 0 radical (unpaired) electrons. The van der Waals surface area contributed by atoms with Crippen molar-refractivity contribution in [3.8, 4) is 11.6 Å². The van der Waals surface area contributed by atoms with Gasteiger partial charge in [-0.2, -0.15) is 4.98 Å². The molecule has 0 amide bonds. The topological polar surface area (TPSA) is 35.0 Å². The molecule has 1 heterocycles. The summed E-state index contributed by atoms with van der Waals surface area (Å²) in [4.78, 5) is 8.70. The third-order valence-corrected chi connectivity index (χ3v) is 3.63. The molecule has 0 saturated heterocycles. The maximum atomic E-state index is 6.13. The zero-order valence-electron chi connectivity index (χ0n) is 10.9. The highest BCUT2D eigenvalue weighted by Gasteiger charge is 2.13. The molecule has 0 saturated carbocycles. The summed E-state index contributed by atoms with van der Waals surface area (Å²) in [5.74, 6) is 2.16. The fourth-order valence-electron chi connectivity index (χ4n) is 1.49. The van der Waals surface area contributed by atoms with Crippen molar-refractivity contribution >= 4 is 34.2 Å². The summed E-state index contributed by atoms with van der Waals surface area (Å²) in [7, 11) is 0. The van der Waals surface area contributed by atoms with Gasteiger partial charge in [0.25, 0.3) is 0 Å². The molecule has 0 aliphatic heterocycles. The van der Waals surface area contributed by atoms with Gasteiger partial charge in [-0.25, -0.2) is 4.98 Å². The lowest BCUT2D eigenvalue weighted by Gasteiger charge is -2.12. The first kappa shape index (κ1) is 14.5. The minimum absolute atomic E-state index is 0.205. The van der Waals surface area contributed by atoms with Crippen LogP contribution in [0.15, 0.2) is 24.3 Å². The average molecular weight is 389 g/mol. The van der Waals surface area contributed by atoms with E-state index >= 15 is 0 Å². The fourth-order valence-corrected chi connectivity index (χ4v) is 2.17. The van der Waals surface area contributed by atoms with Crippen LogP contribution in [-0.2, 0) is 0 Å². The van der Waals surface area contributed by atoms with Crippen LogP contribution in [0.25, 0.3) is 0 Å². The van der Waals surface area contributed by atoms with Gasteiger partial charge in [0, 0.05) is 15.1 Å². The first-order valence-electron chi connectivity index (χ1n) is 5.95. The maximum absolute atomic E-state index is 6.13. The Morgan fingerprint density at radius 2 is 2.00 bits per heavy atom. The number of nitrogens with zero attached hydrogens (tertiary/aromatic N) is 2. The van der Waals surface area contributed by atoms with E-state index in [0.717, 1.165) is 14.9 Å². The second-order valence-electron chi connectivity index (χ2n) is 4.52. The number of aromatic nitrogens is 2. The molecule has 0 bridgehead atoms. The van der Waals surface area contributed by atoms with E-state index in [-0.39, 0.29) is 5.92 Å². The van der Waals surface area contributed by atoms with Crippen molar-refractivity contribution in [1.29, 1.82) is 0 Å². The van der Waals surface area contributed by atoms with E-state index in [0.29, 0.717) is 16.9 Å². The van der Waals surface area contributed by atoms with Gasteiger partial charge in [0.15, 0.2) is 0 Å². The highest BCUT2D eigenvalue weighted by Crippen LogP contribution is 2.29. The zero-order chi connectivity index (χ0) is 14.0. The Bertz CT molecular complexity index is 602. The predicted octanol–water partition coefficient (Wildman–Crippen LogP) is 4.96. The molecular weight excluding hydrogens is 375 g/mol. The second-order valence-corrected chi connectivity index (χ2v) is 6.12. The molecule has 5 heteroatoms. The van der Waals surface area contributed by atoms with Crippen molar-refractivity contribution in [2.45, 2.75) is 26.7 Å². The molecule has 19 heavy (non-hydrogen) atoms. The minimum atomic E-state index is 0.205. The predicted molar refractivity (Wildman–Crippen MR) is 85.1 cm³/mol. The number of hydrogen-bond donors (Lipinski definition) is 0. The first-order valence-corrected chi connectivity index (χ1v) is 7.40. The fraction of sp³-hybridized carbons (Fsp3) is 0.286. The molecule has 1 aromatic heterocycles. The molecule has 0 N–H and O–H groups in total. The van der Waals surface area contributed by atoms with E-state index in [1.165, 1.54) is 0 Å². The molecule has 0 aliphatic carbocycles. The van der Waals surface area contributed by atoms with Crippen LogP contribution in [0.5, 0.6) is 11.6 Å². The lowest BCUT2D eigenvalue weighted by Crippen LogP contribution is -2.02. The van der Waals surface area contributed by atoms with Gasteiger partial charge in [-0.15, -0.1) is 0 Å². The van der Waals surface area contributed by atoms with E-state index in [1.54, 1.807) is 0 Å². The van der Waals surface area contributed by atoms with Crippen molar-refractivity contribution in [2.75, 3.05) is 0 Å². The van der Waals surface area contributed by atoms with Crippen molar-refractivity contribution in [3.63, 3.8) is 0 Å². The third kappa shape index (κ3) is 3.57. The normalized spacial score (nSPS) is 10.8. The van der Waals surface area contributed by atoms with E-state index in [2.05, 4.69) is 32.6 Å².